The molecule has 82 valence electrons. The molecule has 0 saturated heterocycles. The summed E-state index contributed by atoms with van der Waals surface area (Å²) in [6, 6.07) is 1.88. The fourth-order valence-corrected chi connectivity index (χ4v) is 2.23. The SMILES string of the molecule is O=[N+]([O-])c1c(Br)ccc(S(=O)(=O)Cl)c1F. The summed E-state index contributed by atoms with van der Waals surface area (Å²) in [7, 11) is 0.553. The van der Waals surface area contributed by atoms with Crippen LogP contribution in [0.5, 0.6) is 0 Å². The average Bonchev–Trinajstić information content (AvgIpc) is 2.00. The van der Waals surface area contributed by atoms with Crippen LogP contribution in [0.15, 0.2) is 21.5 Å². The molecule has 0 unspecified atom stereocenters. The van der Waals surface area contributed by atoms with Crippen molar-refractivity contribution >= 4 is 41.4 Å². The number of nitro benzene ring substituents is 1. The Morgan fingerprint density at radius 3 is 2.40 bits per heavy atom. The minimum atomic E-state index is -4.33. The van der Waals surface area contributed by atoms with Gasteiger partial charge in [0.1, 0.15) is 4.90 Å². The lowest BCUT2D eigenvalue weighted by Crippen LogP contribution is -2.01. The van der Waals surface area contributed by atoms with Crippen molar-refractivity contribution in [3.63, 3.8) is 0 Å². The first kappa shape index (κ1) is 12.3. The topological polar surface area (TPSA) is 77.3 Å². The molecule has 0 saturated carbocycles. The second-order valence-corrected chi connectivity index (χ2v) is 5.79. The van der Waals surface area contributed by atoms with Crippen molar-refractivity contribution in [1.82, 2.24) is 0 Å². The van der Waals surface area contributed by atoms with E-state index in [1.165, 1.54) is 0 Å². The molecule has 0 amide bonds. The van der Waals surface area contributed by atoms with E-state index < -0.39 is 30.4 Å². The normalized spacial score (nSPS) is 11.4. The molecule has 0 aliphatic heterocycles. The van der Waals surface area contributed by atoms with Crippen LogP contribution in [-0.2, 0) is 9.05 Å². The Kier molecular flexibility index (Phi) is 3.31. The largest absolute Gasteiger partial charge is 0.320 e. The minimum Gasteiger partial charge on any atom is -0.258 e. The van der Waals surface area contributed by atoms with Gasteiger partial charge in [-0.15, -0.1) is 0 Å². The maximum atomic E-state index is 13.3. The fraction of sp³-hybridized carbons (Fsp3) is 0. The average molecular weight is 319 g/mol. The number of nitrogens with zero attached hydrogens (tertiary/aromatic N) is 1. The Morgan fingerprint density at radius 2 is 2.00 bits per heavy atom. The molecule has 1 rings (SSSR count). The summed E-state index contributed by atoms with van der Waals surface area (Å²) in [5.74, 6) is -1.48. The first-order chi connectivity index (χ1) is 6.75. The quantitative estimate of drug-likeness (QED) is 0.476. The Morgan fingerprint density at radius 1 is 1.47 bits per heavy atom. The van der Waals surface area contributed by atoms with Crippen molar-refractivity contribution < 1.29 is 17.7 Å². The Balaban J connectivity index is 3.64. The van der Waals surface area contributed by atoms with Crippen LogP contribution in [0.25, 0.3) is 0 Å². The molecule has 0 aliphatic rings. The molecule has 1 aromatic rings. The van der Waals surface area contributed by atoms with Crippen LogP contribution in [0.4, 0.5) is 10.1 Å². The van der Waals surface area contributed by atoms with E-state index in [2.05, 4.69) is 15.9 Å². The minimum absolute atomic E-state index is 0.158. The first-order valence-electron chi connectivity index (χ1n) is 3.32. The Bertz CT molecular complexity index is 532. The van der Waals surface area contributed by atoms with Gasteiger partial charge in [0, 0.05) is 10.7 Å². The van der Waals surface area contributed by atoms with E-state index in [0.29, 0.717) is 0 Å². The van der Waals surface area contributed by atoms with Gasteiger partial charge in [-0.25, -0.2) is 8.42 Å². The lowest BCUT2D eigenvalue weighted by molar-refractivity contribution is -0.388. The van der Waals surface area contributed by atoms with E-state index in [9.17, 15) is 22.9 Å². The number of hydrogen-bond donors (Lipinski definition) is 0. The number of halogens is 3. The molecule has 9 heteroatoms. The van der Waals surface area contributed by atoms with E-state index in [1.54, 1.807) is 0 Å². The maximum Gasteiger partial charge on any atom is 0.320 e. The molecular formula is C6H2BrClFNO4S. The molecule has 0 radical (unpaired) electrons. The zero-order chi connectivity index (χ0) is 11.8. The molecular weight excluding hydrogens is 316 g/mol. The lowest BCUT2D eigenvalue weighted by atomic mass is 10.3. The molecule has 0 atom stereocenters. The van der Waals surface area contributed by atoms with Crippen molar-refractivity contribution in [1.29, 1.82) is 0 Å². The summed E-state index contributed by atoms with van der Waals surface area (Å²) < 4.78 is 34.8. The van der Waals surface area contributed by atoms with E-state index in [4.69, 9.17) is 10.7 Å². The molecule has 0 fully saturated rings. The highest BCUT2D eigenvalue weighted by Crippen LogP contribution is 2.32. The second-order valence-electron chi connectivity index (χ2n) is 2.40. The van der Waals surface area contributed by atoms with Crippen molar-refractivity contribution in [3.05, 3.63) is 32.5 Å². The van der Waals surface area contributed by atoms with Crippen LogP contribution in [0, 0.1) is 15.9 Å². The predicted octanol–water partition coefficient (Wildman–Crippen LogP) is 2.42. The molecule has 0 heterocycles. The van der Waals surface area contributed by atoms with Gasteiger partial charge in [-0.1, -0.05) is 0 Å². The highest BCUT2D eigenvalue weighted by Gasteiger charge is 2.27. The number of benzene rings is 1. The highest BCUT2D eigenvalue weighted by atomic mass is 79.9. The smallest absolute Gasteiger partial charge is 0.258 e. The van der Waals surface area contributed by atoms with E-state index in [1.807, 2.05) is 0 Å². The number of rotatable bonds is 2. The van der Waals surface area contributed by atoms with Crippen molar-refractivity contribution in [2.75, 3.05) is 0 Å². The van der Waals surface area contributed by atoms with Crippen LogP contribution in [0.3, 0.4) is 0 Å². The summed E-state index contributed by atoms with van der Waals surface area (Å²) >= 11 is 2.73. The first-order valence-corrected chi connectivity index (χ1v) is 6.42. The molecule has 0 aliphatic carbocycles. The van der Waals surface area contributed by atoms with Crippen LogP contribution < -0.4 is 0 Å². The molecule has 5 nitrogen and oxygen atoms in total. The van der Waals surface area contributed by atoms with Crippen LogP contribution >= 0.6 is 26.6 Å². The summed E-state index contributed by atoms with van der Waals surface area (Å²) in [5, 5.41) is 10.4. The van der Waals surface area contributed by atoms with Gasteiger partial charge in [-0.05, 0) is 28.1 Å². The number of hydrogen-bond acceptors (Lipinski definition) is 4. The van der Waals surface area contributed by atoms with Crippen LogP contribution in [0.1, 0.15) is 0 Å². The van der Waals surface area contributed by atoms with Gasteiger partial charge in [-0.2, -0.15) is 4.39 Å². The zero-order valence-electron chi connectivity index (χ0n) is 6.78. The van der Waals surface area contributed by atoms with Gasteiger partial charge < -0.3 is 0 Å². The van der Waals surface area contributed by atoms with E-state index in [0.717, 1.165) is 12.1 Å². The van der Waals surface area contributed by atoms with Crippen LogP contribution in [0.2, 0.25) is 0 Å². The standard InChI is InChI=1S/C6H2BrClFNO4S/c7-3-1-2-4(15(8,13)14)5(9)6(3)10(11)12/h1-2H. The molecule has 0 aromatic heterocycles. The molecule has 0 spiro atoms. The molecule has 1 aromatic carbocycles. The monoisotopic (exact) mass is 317 g/mol. The highest BCUT2D eigenvalue weighted by molar-refractivity contribution is 9.10. The van der Waals surface area contributed by atoms with Gasteiger partial charge in [-0.3, -0.25) is 10.1 Å². The van der Waals surface area contributed by atoms with Gasteiger partial charge in [0.2, 0.25) is 5.82 Å². The van der Waals surface area contributed by atoms with Gasteiger partial charge >= 0.3 is 5.69 Å². The summed E-state index contributed by atoms with van der Waals surface area (Å²) in [4.78, 5) is 8.47. The summed E-state index contributed by atoms with van der Waals surface area (Å²) in [6.45, 7) is 0. The molecule has 0 N–H and O–H groups in total. The Hall–Kier alpha value is -0.730. The van der Waals surface area contributed by atoms with Crippen LogP contribution in [-0.4, -0.2) is 13.3 Å². The van der Waals surface area contributed by atoms with Crippen molar-refractivity contribution in [2.24, 2.45) is 0 Å². The third-order valence-electron chi connectivity index (χ3n) is 1.48. The second kappa shape index (κ2) is 4.03. The third kappa shape index (κ3) is 2.44. The summed E-state index contributed by atoms with van der Waals surface area (Å²) in [6.07, 6.45) is 0. The zero-order valence-corrected chi connectivity index (χ0v) is 9.94. The third-order valence-corrected chi connectivity index (χ3v) is 3.46. The van der Waals surface area contributed by atoms with E-state index in [-0.39, 0.29) is 4.47 Å². The fourth-order valence-electron chi connectivity index (χ4n) is 0.878. The Labute approximate surface area is 96.5 Å². The van der Waals surface area contributed by atoms with Gasteiger partial charge in [0.25, 0.3) is 9.05 Å². The van der Waals surface area contributed by atoms with Gasteiger partial charge in [0.15, 0.2) is 0 Å². The predicted molar refractivity (Wildman–Crippen MR) is 53.8 cm³/mol. The maximum absolute atomic E-state index is 13.3. The summed E-state index contributed by atoms with van der Waals surface area (Å²) in [5.41, 5.74) is -0.961. The number of nitro groups is 1. The lowest BCUT2D eigenvalue weighted by Gasteiger charge is -2.01. The van der Waals surface area contributed by atoms with E-state index >= 15 is 0 Å². The molecule has 15 heavy (non-hydrogen) atoms. The molecule has 0 bridgehead atoms. The van der Waals surface area contributed by atoms with Crippen molar-refractivity contribution in [2.45, 2.75) is 4.90 Å². The van der Waals surface area contributed by atoms with Crippen molar-refractivity contribution in [3.8, 4) is 0 Å². The van der Waals surface area contributed by atoms with Gasteiger partial charge in [0.05, 0.1) is 9.40 Å².